The van der Waals surface area contributed by atoms with E-state index < -0.39 is 0 Å². The molecule has 0 fully saturated rings. The summed E-state index contributed by atoms with van der Waals surface area (Å²) in [6, 6.07) is 9.74. The number of fused-ring (bicyclic) bond motifs is 3. The fourth-order valence-electron chi connectivity index (χ4n) is 4.10. The number of benzene rings is 1. The molecule has 0 aliphatic carbocycles. The van der Waals surface area contributed by atoms with Gasteiger partial charge in [0.05, 0.1) is 12.5 Å². The molecule has 0 saturated carbocycles. The summed E-state index contributed by atoms with van der Waals surface area (Å²) in [5.74, 6) is 0.762. The Bertz CT molecular complexity index is 1290. The number of aromatic nitrogens is 4. The van der Waals surface area contributed by atoms with Crippen LogP contribution in [-0.2, 0) is 17.8 Å². The largest absolute Gasteiger partial charge is 0.496 e. The van der Waals surface area contributed by atoms with Crippen LogP contribution in [0.1, 0.15) is 40.2 Å². The van der Waals surface area contributed by atoms with Crippen molar-refractivity contribution in [2.75, 3.05) is 7.11 Å². The predicted octanol–water partition coefficient (Wildman–Crippen LogP) is 3.77. The number of pyridine rings is 1. The predicted molar refractivity (Wildman–Crippen MR) is 120 cm³/mol. The van der Waals surface area contributed by atoms with Crippen LogP contribution in [0.15, 0.2) is 30.3 Å². The number of rotatable bonds is 6. The highest BCUT2D eigenvalue weighted by molar-refractivity contribution is 5.93. The summed E-state index contributed by atoms with van der Waals surface area (Å²) in [7, 11) is 1.63. The molecule has 0 radical (unpaired) electrons. The molecular weight excluding hydrogens is 390 g/mol. The van der Waals surface area contributed by atoms with Gasteiger partial charge in [-0.1, -0.05) is 18.2 Å². The van der Waals surface area contributed by atoms with Gasteiger partial charge in [-0.15, -0.1) is 5.10 Å². The normalized spacial score (nSPS) is 11.3. The Hall–Kier alpha value is -3.48. The third-order valence-electron chi connectivity index (χ3n) is 5.68. The maximum Gasteiger partial charge on any atom is 0.220 e. The van der Waals surface area contributed by atoms with Crippen molar-refractivity contribution in [1.29, 1.82) is 0 Å². The second-order valence-corrected chi connectivity index (χ2v) is 7.86. The van der Waals surface area contributed by atoms with E-state index in [4.69, 9.17) is 9.72 Å². The number of nitrogens with zero attached hydrogens (tertiary/aromatic N) is 4. The molecule has 7 heteroatoms. The molecule has 3 heterocycles. The van der Waals surface area contributed by atoms with E-state index in [9.17, 15) is 4.79 Å². The van der Waals surface area contributed by atoms with Crippen LogP contribution >= 0.6 is 0 Å². The Morgan fingerprint density at radius 1 is 1.13 bits per heavy atom. The van der Waals surface area contributed by atoms with E-state index >= 15 is 0 Å². The number of aryl methyl sites for hydroxylation is 4. The molecule has 4 aromatic rings. The molecule has 0 aliphatic rings. The lowest BCUT2D eigenvalue weighted by molar-refractivity contribution is -0.121. The lowest BCUT2D eigenvalue weighted by Gasteiger charge is -2.12. The summed E-state index contributed by atoms with van der Waals surface area (Å²) in [5.41, 5.74) is 7.50. The van der Waals surface area contributed by atoms with E-state index in [1.54, 1.807) is 7.11 Å². The van der Waals surface area contributed by atoms with Crippen molar-refractivity contribution in [2.45, 2.75) is 47.1 Å². The maximum atomic E-state index is 12.5. The third kappa shape index (κ3) is 3.95. The standard InChI is InChI=1S/C24H27N5O2/c1-14-12-15(2)26-23-22(14)24-27-16(3)19(17(4)29(24)28-23)10-11-21(30)25-13-18-8-6-7-9-20(18)31-5/h6-9,12H,10-11,13H2,1-5H3,(H,25,30). The fourth-order valence-corrected chi connectivity index (χ4v) is 4.10. The van der Waals surface area contributed by atoms with Crippen LogP contribution in [0.2, 0.25) is 0 Å². The summed E-state index contributed by atoms with van der Waals surface area (Å²) in [5, 5.41) is 8.66. The first kappa shape index (κ1) is 20.8. The van der Waals surface area contributed by atoms with Gasteiger partial charge in [-0.2, -0.15) is 0 Å². The number of hydrogen-bond acceptors (Lipinski definition) is 5. The van der Waals surface area contributed by atoms with Crippen LogP contribution in [0.4, 0.5) is 0 Å². The smallest absolute Gasteiger partial charge is 0.220 e. The molecule has 0 unspecified atom stereocenters. The van der Waals surface area contributed by atoms with Crippen molar-refractivity contribution in [3.8, 4) is 5.75 Å². The molecule has 31 heavy (non-hydrogen) atoms. The summed E-state index contributed by atoms with van der Waals surface area (Å²) in [6.45, 7) is 8.48. The van der Waals surface area contributed by atoms with Gasteiger partial charge in [-0.05, 0) is 57.4 Å². The van der Waals surface area contributed by atoms with Gasteiger partial charge in [0.2, 0.25) is 5.91 Å². The fraction of sp³-hybridized carbons (Fsp3) is 0.333. The summed E-state index contributed by atoms with van der Waals surface area (Å²) in [4.78, 5) is 21.9. The first-order chi connectivity index (χ1) is 14.9. The van der Waals surface area contributed by atoms with Crippen molar-refractivity contribution in [1.82, 2.24) is 24.9 Å². The van der Waals surface area contributed by atoms with Gasteiger partial charge in [-0.3, -0.25) is 4.79 Å². The lowest BCUT2D eigenvalue weighted by Crippen LogP contribution is -2.23. The topological polar surface area (TPSA) is 81.4 Å². The van der Waals surface area contributed by atoms with E-state index in [0.29, 0.717) is 25.0 Å². The van der Waals surface area contributed by atoms with E-state index in [1.165, 1.54) is 0 Å². The van der Waals surface area contributed by atoms with Crippen LogP contribution in [0, 0.1) is 27.7 Å². The molecular formula is C24H27N5O2. The van der Waals surface area contributed by atoms with Gasteiger partial charge in [0, 0.05) is 35.6 Å². The second-order valence-electron chi connectivity index (χ2n) is 7.86. The van der Waals surface area contributed by atoms with Crippen LogP contribution in [-0.4, -0.2) is 32.6 Å². The average Bonchev–Trinajstić information content (AvgIpc) is 3.10. The van der Waals surface area contributed by atoms with Gasteiger partial charge in [0.15, 0.2) is 11.3 Å². The first-order valence-corrected chi connectivity index (χ1v) is 10.4. The summed E-state index contributed by atoms with van der Waals surface area (Å²) >= 11 is 0. The third-order valence-corrected chi connectivity index (χ3v) is 5.68. The zero-order chi connectivity index (χ0) is 22.1. The molecule has 160 valence electrons. The molecule has 0 bridgehead atoms. The minimum absolute atomic E-state index is 0.0106. The Kier molecular flexibility index (Phi) is 5.59. The summed E-state index contributed by atoms with van der Waals surface area (Å²) < 4.78 is 7.21. The van der Waals surface area contributed by atoms with Crippen LogP contribution < -0.4 is 10.1 Å². The van der Waals surface area contributed by atoms with Gasteiger partial charge >= 0.3 is 0 Å². The van der Waals surface area contributed by atoms with E-state index in [0.717, 1.165) is 50.6 Å². The van der Waals surface area contributed by atoms with Gasteiger partial charge in [-0.25, -0.2) is 14.5 Å². The molecule has 0 aliphatic heterocycles. The zero-order valence-electron chi connectivity index (χ0n) is 18.6. The number of nitrogens with one attached hydrogen (secondary N) is 1. The van der Waals surface area contributed by atoms with E-state index in [-0.39, 0.29) is 5.91 Å². The number of carbonyl (C=O) groups is 1. The highest BCUT2D eigenvalue weighted by Gasteiger charge is 2.17. The van der Waals surface area contributed by atoms with Gasteiger partial charge in [0.25, 0.3) is 0 Å². The molecule has 1 N–H and O–H groups in total. The van der Waals surface area contributed by atoms with Crippen molar-refractivity contribution in [3.63, 3.8) is 0 Å². The molecule has 1 aromatic carbocycles. The number of carbonyl (C=O) groups excluding carboxylic acids is 1. The molecule has 4 rings (SSSR count). The monoisotopic (exact) mass is 417 g/mol. The van der Waals surface area contributed by atoms with Crippen molar-refractivity contribution >= 4 is 22.6 Å². The Morgan fingerprint density at radius 2 is 1.90 bits per heavy atom. The quantitative estimate of drug-likeness (QED) is 0.516. The molecule has 0 atom stereocenters. The van der Waals surface area contributed by atoms with E-state index in [1.807, 2.05) is 49.6 Å². The maximum absolute atomic E-state index is 12.5. The SMILES string of the molecule is COc1ccccc1CNC(=O)CCc1c(C)nc2c3c(C)cc(C)nc3nn2c1C. The molecule has 0 saturated heterocycles. The van der Waals surface area contributed by atoms with Crippen LogP contribution in [0.25, 0.3) is 16.7 Å². The Labute approximate surface area is 181 Å². The minimum Gasteiger partial charge on any atom is -0.496 e. The summed E-state index contributed by atoms with van der Waals surface area (Å²) in [6.07, 6.45) is 0.973. The lowest BCUT2D eigenvalue weighted by atomic mass is 10.1. The first-order valence-electron chi connectivity index (χ1n) is 10.4. The Morgan fingerprint density at radius 3 is 2.68 bits per heavy atom. The zero-order valence-corrected chi connectivity index (χ0v) is 18.6. The number of methoxy groups -OCH3 is 1. The molecule has 1 amide bonds. The molecule has 7 nitrogen and oxygen atoms in total. The highest BCUT2D eigenvalue weighted by Crippen LogP contribution is 2.25. The van der Waals surface area contributed by atoms with Gasteiger partial charge in [0.1, 0.15) is 5.75 Å². The molecule has 3 aromatic heterocycles. The van der Waals surface area contributed by atoms with Crippen LogP contribution in [0.3, 0.4) is 0 Å². The average molecular weight is 418 g/mol. The molecule has 0 spiro atoms. The van der Waals surface area contributed by atoms with Crippen molar-refractivity contribution < 1.29 is 9.53 Å². The van der Waals surface area contributed by atoms with Crippen molar-refractivity contribution in [3.05, 3.63) is 64.1 Å². The number of amides is 1. The Balaban J connectivity index is 1.54. The highest BCUT2D eigenvalue weighted by atomic mass is 16.5. The van der Waals surface area contributed by atoms with Crippen molar-refractivity contribution in [2.24, 2.45) is 0 Å². The van der Waals surface area contributed by atoms with Gasteiger partial charge < -0.3 is 10.1 Å². The second kappa shape index (κ2) is 8.34. The number of para-hydroxylation sites is 1. The van der Waals surface area contributed by atoms with E-state index in [2.05, 4.69) is 28.4 Å². The van der Waals surface area contributed by atoms with Crippen LogP contribution in [0.5, 0.6) is 5.75 Å². The number of hydrogen-bond donors (Lipinski definition) is 1. The number of ether oxygens (including phenoxy) is 1. The minimum atomic E-state index is -0.0106.